The molecule has 0 aliphatic heterocycles. The normalized spacial score (nSPS) is 13.5. The molecule has 0 fully saturated rings. The lowest BCUT2D eigenvalue weighted by Crippen LogP contribution is -2.56. The first-order chi connectivity index (χ1) is 14.7. The number of carboxylic acids is 1. The largest absolute Gasteiger partial charge is 0.480 e. The van der Waals surface area contributed by atoms with Crippen molar-refractivity contribution < 1.29 is 24.2 Å². The standard InChI is InChI=1S/C24H26N2O5/c1-4-9-20(21(27)26-24(2,3)22(28)29)25-23(30)31-14-19-17-12-7-5-10-15(17)16-11-6-8-13-18(16)19/h4-8,10-13,19-20H,1,9,14H2,2-3H3,(H,25,30)(H,26,27)(H,28,29). The van der Waals surface area contributed by atoms with Gasteiger partial charge in [-0.05, 0) is 42.5 Å². The number of aliphatic carboxylic acids is 1. The van der Waals surface area contributed by atoms with Crippen LogP contribution in [-0.2, 0) is 14.3 Å². The van der Waals surface area contributed by atoms with Crippen molar-refractivity contribution in [3.63, 3.8) is 0 Å². The number of ether oxygens (including phenoxy) is 1. The Bertz CT molecular complexity index is 969. The number of amides is 2. The summed E-state index contributed by atoms with van der Waals surface area (Å²) in [6, 6.07) is 15.0. The third kappa shape index (κ3) is 4.77. The van der Waals surface area contributed by atoms with Crippen LogP contribution in [0.3, 0.4) is 0 Å². The minimum Gasteiger partial charge on any atom is -0.480 e. The Morgan fingerprint density at radius 2 is 1.65 bits per heavy atom. The van der Waals surface area contributed by atoms with Gasteiger partial charge in [-0.15, -0.1) is 6.58 Å². The first kappa shape index (κ1) is 22.1. The molecule has 3 N–H and O–H groups in total. The van der Waals surface area contributed by atoms with Gasteiger partial charge < -0.3 is 20.5 Å². The number of carbonyl (C=O) groups excluding carboxylic acids is 2. The quantitative estimate of drug-likeness (QED) is 0.565. The van der Waals surface area contributed by atoms with Gasteiger partial charge in [0.25, 0.3) is 0 Å². The van der Waals surface area contributed by atoms with Crippen molar-refractivity contribution in [1.82, 2.24) is 10.6 Å². The van der Waals surface area contributed by atoms with E-state index in [0.717, 1.165) is 22.3 Å². The van der Waals surface area contributed by atoms with Crippen LogP contribution in [-0.4, -0.2) is 41.3 Å². The van der Waals surface area contributed by atoms with E-state index in [0.29, 0.717) is 0 Å². The predicted octanol–water partition coefficient (Wildman–Crippen LogP) is 3.45. The van der Waals surface area contributed by atoms with Gasteiger partial charge in [-0.3, -0.25) is 4.79 Å². The van der Waals surface area contributed by atoms with Crippen molar-refractivity contribution in [2.45, 2.75) is 37.8 Å². The van der Waals surface area contributed by atoms with Crippen LogP contribution in [0.5, 0.6) is 0 Å². The van der Waals surface area contributed by atoms with Crippen LogP contribution in [0, 0.1) is 0 Å². The van der Waals surface area contributed by atoms with Gasteiger partial charge in [0.15, 0.2) is 0 Å². The van der Waals surface area contributed by atoms with Crippen LogP contribution in [0.2, 0.25) is 0 Å². The van der Waals surface area contributed by atoms with Gasteiger partial charge in [0.2, 0.25) is 5.91 Å². The molecule has 1 atom stereocenters. The number of nitrogens with one attached hydrogen (secondary N) is 2. The second kappa shape index (κ2) is 9.04. The Kier molecular flexibility index (Phi) is 6.44. The van der Waals surface area contributed by atoms with E-state index in [1.54, 1.807) is 0 Å². The highest BCUT2D eigenvalue weighted by Crippen LogP contribution is 2.44. The van der Waals surface area contributed by atoms with E-state index in [1.807, 2.05) is 48.5 Å². The fourth-order valence-electron chi connectivity index (χ4n) is 3.63. The zero-order valence-electron chi connectivity index (χ0n) is 17.6. The molecule has 0 heterocycles. The first-order valence-corrected chi connectivity index (χ1v) is 10.0. The molecule has 162 valence electrons. The Labute approximate surface area is 181 Å². The summed E-state index contributed by atoms with van der Waals surface area (Å²) < 4.78 is 5.46. The smallest absolute Gasteiger partial charge is 0.407 e. The highest BCUT2D eigenvalue weighted by atomic mass is 16.5. The molecule has 0 spiro atoms. The maximum absolute atomic E-state index is 12.5. The van der Waals surface area contributed by atoms with Gasteiger partial charge in [-0.2, -0.15) is 0 Å². The number of rotatable bonds is 8. The number of fused-ring (bicyclic) bond motifs is 3. The van der Waals surface area contributed by atoms with Crippen molar-refractivity contribution in [2.75, 3.05) is 6.61 Å². The molecule has 3 rings (SSSR count). The lowest BCUT2D eigenvalue weighted by atomic mass is 9.98. The van der Waals surface area contributed by atoms with Gasteiger partial charge >= 0.3 is 12.1 Å². The minimum atomic E-state index is -1.47. The Morgan fingerprint density at radius 1 is 1.10 bits per heavy atom. The zero-order chi connectivity index (χ0) is 22.6. The third-order valence-corrected chi connectivity index (χ3v) is 5.32. The third-order valence-electron chi connectivity index (χ3n) is 5.32. The molecule has 1 aliphatic carbocycles. The number of hydrogen-bond acceptors (Lipinski definition) is 4. The van der Waals surface area contributed by atoms with E-state index in [4.69, 9.17) is 4.74 Å². The van der Waals surface area contributed by atoms with Crippen molar-refractivity contribution in [2.24, 2.45) is 0 Å². The summed E-state index contributed by atoms with van der Waals surface area (Å²) in [6.07, 6.45) is 0.852. The van der Waals surface area contributed by atoms with E-state index in [9.17, 15) is 19.5 Å². The van der Waals surface area contributed by atoms with Gasteiger partial charge in [0.05, 0.1) is 0 Å². The Hall–Kier alpha value is -3.61. The van der Waals surface area contributed by atoms with Crippen LogP contribution in [0.1, 0.15) is 37.3 Å². The fourth-order valence-corrected chi connectivity index (χ4v) is 3.63. The molecular weight excluding hydrogens is 396 g/mol. The summed E-state index contributed by atoms with van der Waals surface area (Å²) in [5, 5.41) is 14.1. The van der Waals surface area contributed by atoms with Gasteiger partial charge in [0, 0.05) is 5.92 Å². The molecule has 0 saturated heterocycles. The monoisotopic (exact) mass is 422 g/mol. The summed E-state index contributed by atoms with van der Waals surface area (Å²) in [4.78, 5) is 36.2. The fraction of sp³-hybridized carbons (Fsp3) is 0.292. The molecule has 0 bridgehead atoms. The van der Waals surface area contributed by atoms with Crippen molar-refractivity contribution in [3.8, 4) is 11.1 Å². The van der Waals surface area contributed by atoms with E-state index in [-0.39, 0.29) is 18.9 Å². The van der Waals surface area contributed by atoms with Crippen molar-refractivity contribution in [1.29, 1.82) is 0 Å². The summed E-state index contributed by atoms with van der Waals surface area (Å²) in [5.74, 6) is -1.91. The SMILES string of the molecule is C=CCC(NC(=O)OCC1c2ccccc2-c2ccccc21)C(=O)NC(C)(C)C(=O)O. The maximum Gasteiger partial charge on any atom is 0.407 e. The van der Waals surface area contributed by atoms with Gasteiger partial charge in [-0.25, -0.2) is 9.59 Å². The van der Waals surface area contributed by atoms with Crippen LogP contribution < -0.4 is 10.6 Å². The number of carboxylic acid groups (broad SMARTS) is 1. The summed E-state index contributed by atoms with van der Waals surface area (Å²) in [6.45, 7) is 6.44. The molecule has 2 aromatic carbocycles. The zero-order valence-corrected chi connectivity index (χ0v) is 17.6. The second-order valence-electron chi connectivity index (χ2n) is 7.97. The number of carbonyl (C=O) groups is 3. The van der Waals surface area contributed by atoms with Crippen LogP contribution in [0.15, 0.2) is 61.2 Å². The molecule has 2 amide bonds. The highest BCUT2D eigenvalue weighted by Gasteiger charge is 2.33. The number of alkyl carbamates (subject to hydrolysis) is 1. The highest BCUT2D eigenvalue weighted by molar-refractivity contribution is 5.91. The minimum absolute atomic E-state index is 0.101. The molecule has 0 saturated carbocycles. The molecule has 0 radical (unpaired) electrons. The predicted molar refractivity (Wildman–Crippen MR) is 117 cm³/mol. The van der Waals surface area contributed by atoms with Gasteiger partial charge in [0.1, 0.15) is 18.2 Å². The molecular formula is C24H26N2O5. The lowest BCUT2D eigenvalue weighted by Gasteiger charge is -2.25. The maximum atomic E-state index is 12.5. The molecule has 7 heteroatoms. The first-order valence-electron chi connectivity index (χ1n) is 10.0. The van der Waals surface area contributed by atoms with E-state index >= 15 is 0 Å². The van der Waals surface area contributed by atoms with Crippen LogP contribution in [0.25, 0.3) is 11.1 Å². The van der Waals surface area contributed by atoms with E-state index < -0.39 is 29.6 Å². The molecule has 1 unspecified atom stereocenters. The van der Waals surface area contributed by atoms with Crippen molar-refractivity contribution in [3.05, 3.63) is 72.3 Å². The number of hydrogen-bond donors (Lipinski definition) is 3. The average molecular weight is 422 g/mol. The lowest BCUT2D eigenvalue weighted by molar-refractivity contribution is -0.146. The van der Waals surface area contributed by atoms with Gasteiger partial charge in [-0.1, -0.05) is 54.6 Å². The topological polar surface area (TPSA) is 105 Å². The number of benzene rings is 2. The average Bonchev–Trinajstić information content (AvgIpc) is 3.05. The summed E-state index contributed by atoms with van der Waals surface area (Å²) >= 11 is 0. The summed E-state index contributed by atoms with van der Waals surface area (Å²) in [5.41, 5.74) is 2.93. The van der Waals surface area contributed by atoms with Crippen LogP contribution >= 0.6 is 0 Å². The summed E-state index contributed by atoms with van der Waals surface area (Å²) in [7, 11) is 0. The molecule has 1 aliphatic rings. The Morgan fingerprint density at radius 3 is 2.16 bits per heavy atom. The van der Waals surface area contributed by atoms with E-state index in [2.05, 4.69) is 17.2 Å². The molecule has 7 nitrogen and oxygen atoms in total. The Balaban J connectivity index is 1.67. The molecule has 0 aromatic heterocycles. The van der Waals surface area contributed by atoms with Crippen LogP contribution in [0.4, 0.5) is 4.79 Å². The second-order valence-corrected chi connectivity index (χ2v) is 7.97. The van der Waals surface area contributed by atoms with E-state index in [1.165, 1.54) is 19.9 Å². The molecule has 31 heavy (non-hydrogen) atoms. The molecule has 2 aromatic rings. The van der Waals surface area contributed by atoms with Crippen molar-refractivity contribution >= 4 is 18.0 Å².